The van der Waals surface area contributed by atoms with Crippen LogP contribution in [0.3, 0.4) is 0 Å². The number of nitro groups is 1. The molecule has 0 aliphatic rings. The van der Waals surface area contributed by atoms with Gasteiger partial charge in [-0.2, -0.15) is 0 Å². The Bertz CT molecular complexity index is 1040. The lowest BCUT2D eigenvalue weighted by atomic mass is 10.1. The van der Waals surface area contributed by atoms with E-state index in [-0.39, 0.29) is 17.8 Å². The first-order chi connectivity index (χ1) is 14.0. The number of rotatable bonds is 8. The highest BCUT2D eigenvalue weighted by molar-refractivity contribution is 7.98. The Kier molecular flexibility index (Phi) is 6.30. The molecule has 0 radical (unpaired) electrons. The molecule has 9 heteroatoms. The van der Waals surface area contributed by atoms with Crippen molar-refractivity contribution in [3.8, 4) is 0 Å². The predicted molar refractivity (Wildman–Crippen MR) is 115 cm³/mol. The molecule has 0 aliphatic carbocycles. The summed E-state index contributed by atoms with van der Waals surface area (Å²) in [6.45, 7) is 0.286. The smallest absolute Gasteiger partial charge is 0.269 e. The van der Waals surface area contributed by atoms with Gasteiger partial charge in [0.05, 0.1) is 16.2 Å². The molecule has 1 amide bonds. The Hall–Kier alpha value is -3.59. The van der Waals surface area contributed by atoms with Gasteiger partial charge in [0, 0.05) is 41.5 Å². The summed E-state index contributed by atoms with van der Waals surface area (Å²) in [5, 5.41) is 17.2. The zero-order chi connectivity index (χ0) is 20.8. The molecule has 8 nitrogen and oxygen atoms in total. The first-order valence-corrected chi connectivity index (χ1v) is 9.87. The molecule has 0 atom stereocenters. The van der Waals surface area contributed by atoms with Crippen LogP contribution in [-0.4, -0.2) is 22.1 Å². The number of carbonyl (C=O) groups excluding carboxylic acids is 1. The van der Waals surface area contributed by atoms with E-state index in [1.54, 1.807) is 30.0 Å². The summed E-state index contributed by atoms with van der Waals surface area (Å²) >= 11 is 1.65. The molecule has 2 aromatic carbocycles. The van der Waals surface area contributed by atoms with Gasteiger partial charge < -0.3 is 16.4 Å². The van der Waals surface area contributed by atoms with E-state index in [2.05, 4.69) is 15.6 Å². The fraction of sp³-hybridized carbons (Fsp3) is 0.100. The number of anilines is 3. The lowest BCUT2D eigenvalue weighted by Gasteiger charge is -2.13. The van der Waals surface area contributed by atoms with E-state index >= 15 is 0 Å². The number of thioether (sulfide) groups is 1. The van der Waals surface area contributed by atoms with Crippen molar-refractivity contribution in [2.75, 3.05) is 16.9 Å². The van der Waals surface area contributed by atoms with Gasteiger partial charge in [-0.1, -0.05) is 12.1 Å². The van der Waals surface area contributed by atoms with Crippen molar-refractivity contribution < 1.29 is 9.72 Å². The van der Waals surface area contributed by atoms with Crippen LogP contribution in [0.15, 0.2) is 65.7 Å². The summed E-state index contributed by atoms with van der Waals surface area (Å²) in [6.07, 6.45) is 3.41. The lowest BCUT2D eigenvalue weighted by Crippen LogP contribution is -2.15. The Morgan fingerprint density at radius 2 is 1.97 bits per heavy atom. The highest BCUT2D eigenvalue weighted by Gasteiger charge is 2.12. The summed E-state index contributed by atoms with van der Waals surface area (Å²) in [5.74, 6) is -0.0802. The minimum Gasteiger partial charge on any atom is -0.380 e. The number of non-ortho nitro benzene ring substituents is 1. The highest BCUT2D eigenvalue weighted by atomic mass is 32.2. The second-order valence-corrected chi connectivity index (χ2v) is 6.99. The second kappa shape index (κ2) is 9.07. The molecule has 0 bridgehead atoms. The van der Waals surface area contributed by atoms with Crippen LogP contribution in [0.1, 0.15) is 15.9 Å². The van der Waals surface area contributed by atoms with Crippen LogP contribution in [0.25, 0.3) is 0 Å². The zero-order valence-electron chi connectivity index (χ0n) is 15.6. The van der Waals surface area contributed by atoms with Gasteiger partial charge in [-0.05, 0) is 36.1 Å². The molecule has 4 N–H and O–H groups in total. The summed E-state index contributed by atoms with van der Waals surface area (Å²) < 4.78 is 0. The Morgan fingerprint density at radius 1 is 1.21 bits per heavy atom. The molecule has 148 valence electrons. The Balaban J connectivity index is 1.80. The van der Waals surface area contributed by atoms with Gasteiger partial charge >= 0.3 is 0 Å². The molecule has 3 aromatic rings. The van der Waals surface area contributed by atoms with Gasteiger partial charge in [-0.15, -0.1) is 11.8 Å². The first kappa shape index (κ1) is 20.2. The topological polar surface area (TPSA) is 123 Å². The maximum Gasteiger partial charge on any atom is 0.269 e. The summed E-state index contributed by atoms with van der Waals surface area (Å²) in [6, 6.07) is 15.8. The molecule has 29 heavy (non-hydrogen) atoms. The number of primary amides is 1. The van der Waals surface area contributed by atoms with Crippen LogP contribution >= 0.6 is 11.8 Å². The van der Waals surface area contributed by atoms with Gasteiger partial charge in [0.2, 0.25) is 0 Å². The normalized spacial score (nSPS) is 10.4. The monoisotopic (exact) mass is 409 g/mol. The molecule has 0 spiro atoms. The number of nitrogens with two attached hydrogens (primary N) is 1. The quantitative estimate of drug-likeness (QED) is 0.290. The SMILES string of the molecule is CSc1ccc(Nc2cc(NCc3cccc([N+](=O)[O-])c3)c(C(N)=O)cn2)cc1. The molecule has 3 rings (SSSR count). The largest absolute Gasteiger partial charge is 0.380 e. The van der Waals surface area contributed by atoms with Gasteiger partial charge in [0.25, 0.3) is 11.6 Å². The molecular weight excluding hydrogens is 390 g/mol. The number of hydrogen-bond donors (Lipinski definition) is 3. The van der Waals surface area contributed by atoms with Crippen LogP contribution in [0.4, 0.5) is 22.9 Å². The molecule has 0 fully saturated rings. The number of nitro benzene ring substituents is 1. The van der Waals surface area contributed by atoms with E-state index in [0.717, 1.165) is 10.6 Å². The number of amides is 1. The number of nitrogens with zero attached hydrogens (tertiary/aromatic N) is 2. The van der Waals surface area contributed by atoms with E-state index in [9.17, 15) is 14.9 Å². The second-order valence-electron chi connectivity index (χ2n) is 6.11. The third-order valence-corrected chi connectivity index (χ3v) is 4.88. The standard InChI is InChI=1S/C20H19N5O3S/c1-29-16-7-5-14(6-8-16)24-19-10-18(17(12-23-19)20(21)26)22-11-13-3-2-4-15(9-13)25(27)28/h2-10,12H,11H2,1H3,(H2,21,26)(H2,22,23,24). The fourth-order valence-electron chi connectivity index (χ4n) is 2.67. The van der Waals surface area contributed by atoms with Gasteiger partial charge in [-0.3, -0.25) is 14.9 Å². The average molecular weight is 409 g/mol. The summed E-state index contributed by atoms with van der Waals surface area (Å²) in [7, 11) is 0. The first-order valence-electron chi connectivity index (χ1n) is 8.64. The van der Waals surface area contributed by atoms with E-state index in [1.165, 1.54) is 18.3 Å². The maximum absolute atomic E-state index is 11.7. The highest BCUT2D eigenvalue weighted by Crippen LogP contribution is 2.24. The maximum atomic E-state index is 11.7. The van der Waals surface area contributed by atoms with Crippen LogP contribution < -0.4 is 16.4 Å². The molecule has 0 unspecified atom stereocenters. The minimum absolute atomic E-state index is 0.00481. The van der Waals surface area contributed by atoms with Crippen molar-refractivity contribution in [1.29, 1.82) is 0 Å². The van der Waals surface area contributed by atoms with Crippen LogP contribution in [0.2, 0.25) is 0 Å². The number of benzene rings is 2. The van der Waals surface area contributed by atoms with Gasteiger partial charge in [0.15, 0.2) is 0 Å². The van der Waals surface area contributed by atoms with Crippen molar-refractivity contribution in [2.24, 2.45) is 5.73 Å². The van der Waals surface area contributed by atoms with E-state index < -0.39 is 10.8 Å². The molecule has 0 saturated heterocycles. The third kappa shape index (κ3) is 5.23. The summed E-state index contributed by atoms with van der Waals surface area (Å²) in [5.41, 5.74) is 7.73. The van der Waals surface area contributed by atoms with Crippen molar-refractivity contribution >= 4 is 40.5 Å². The van der Waals surface area contributed by atoms with Gasteiger partial charge in [-0.25, -0.2) is 4.98 Å². The minimum atomic E-state index is -0.616. The molecule has 1 heterocycles. The van der Waals surface area contributed by atoms with E-state index in [0.29, 0.717) is 17.1 Å². The average Bonchev–Trinajstić information content (AvgIpc) is 2.73. The van der Waals surface area contributed by atoms with Crippen molar-refractivity contribution in [2.45, 2.75) is 11.4 Å². The number of hydrogen-bond acceptors (Lipinski definition) is 7. The fourth-order valence-corrected chi connectivity index (χ4v) is 3.07. The van der Waals surface area contributed by atoms with E-state index in [4.69, 9.17) is 5.73 Å². The van der Waals surface area contributed by atoms with Gasteiger partial charge in [0.1, 0.15) is 5.82 Å². The van der Waals surface area contributed by atoms with E-state index in [1.807, 2.05) is 30.5 Å². The number of nitrogens with one attached hydrogen (secondary N) is 2. The molecule has 0 saturated carbocycles. The number of aromatic nitrogens is 1. The Labute approximate surface area is 171 Å². The Morgan fingerprint density at radius 3 is 2.62 bits per heavy atom. The van der Waals surface area contributed by atoms with Crippen molar-refractivity contribution in [1.82, 2.24) is 4.98 Å². The van der Waals surface area contributed by atoms with Crippen LogP contribution in [-0.2, 0) is 6.54 Å². The molecular formula is C20H19N5O3S. The summed E-state index contributed by atoms with van der Waals surface area (Å²) in [4.78, 5) is 27.6. The number of carbonyl (C=O) groups is 1. The third-order valence-electron chi connectivity index (χ3n) is 4.14. The zero-order valence-corrected chi connectivity index (χ0v) is 16.4. The predicted octanol–water partition coefficient (Wildman–Crippen LogP) is 4.17. The lowest BCUT2D eigenvalue weighted by molar-refractivity contribution is -0.384. The van der Waals surface area contributed by atoms with Crippen molar-refractivity contribution in [3.05, 3.63) is 82.0 Å². The number of pyridine rings is 1. The molecule has 1 aromatic heterocycles. The van der Waals surface area contributed by atoms with Crippen LogP contribution in [0, 0.1) is 10.1 Å². The van der Waals surface area contributed by atoms with Crippen LogP contribution in [0.5, 0.6) is 0 Å². The van der Waals surface area contributed by atoms with Crippen molar-refractivity contribution in [3.63, 3.8) is 0 Å². The molecule has 0 aliphatic heterocycles.